The van der Waals surface area contributed by atoms with Gasteiger partial charge in [0, 0.05) is 5.92 Å². The van der Waals surface area contributed by atoms with Gasteiger partial charge in [0.25, 0.3) is 0 Å². The molecule has 0 bridgehead atoms. The Morgan fingerprint density at radius 3 is 2.16 bits per heavy atom. The lowest BCUT2D eigenvalue weighted by molar-refractivity contribution is 0.296. The van der Waals surface area contributed by atoms with Crippen LogP contribution in [0.25, 0.3) is 0 Å². The monoisotopic (exact) mass is 260 g/mol. The molecular formula is C19H32. The molecular weight excluding hydrogens is 228 g/mol. The molecule has 0 aromatic carbocycles. The third kappa shape index (κ3) is 2.32. The summed E-state index contributed by atoms with van der Waals surface area (Å²) in [5.41, 5.74) is 6.83. The van der Waals surface area contributed by atoms with E-state index in [0.717, 1.165) is 29.6 Å². The van der Waals surface area contributed by atoms with Crippen LogP contribution in [0.2, 0.25) is 0 Å². The normalized spacial score (nSPS) is 39.6. The third-order valence-electron chi connectivity index (χ3n) is 6.22. The Kier molecular flexibility index (Phi) is 4.28. The van der Waals surface area contributed by atoms with E-state index in [0.29, 0.717) is 0 Å². The van der Waals surface area contributed by atoms with Crippen LogP contribution in [0.4, 0.5) is 0 Å². The zero-order valence-electron chi connectivity index (χ0n) is 14.0. The molecule has 0 aliphatic heterocycles. The van der Waals surface area contributed by atoms with Crippen molar-refractivity contribution in [3.8, 4) is 0 Å². The van der Waals surface area contributed by atoms with Gasteiger partial charge in [-0.15, -0.1) is 0 Å². The maximum absolute atomic E-state index is 2.50. The minimum Gasteiger partial charge on any atom is -0.0651 e. The quantitative estimate of drug-likeness (QED) is 0.571. The molecule has 0 amide bonds. The van der Waals surface area contributed by atoms with E-state index in [9.17, 15) is 0 Å². The van der Waals surface area contributed by atoms with Crippen molar-refractivity contribution in [2.45, 2.75) is 67.7 Å². The SMILES string of the molecule is CCCC1=C(C)C(C)=C2C(C)C(C)CC(C)C(C)C12. The Morgan fingerprint density at radius 1 is 0.947 bits per heavy atom. The summed E-state index contributed by atoms with van der Waals surface area (Å²) in [5, 5.41) is 0. The Morgan fingerprint density at radius 2 is 1.58 bits per heavy atom. The molecule has 1 saturated carbocycles. The standard InChI is InChI=1S/C19H32/c1-8-9-17-15(6)16(7)18-13(4)11(2)10-12(3)14(5)19(17)18/h11-14,19H,8-10H2,1-7H3. The van der Waals surface area contributed by atoms with Gasteiger partial charge in [0.1, 0.15) is 0 Å². The summed E-state index contributed by atoms with van der Waals surface area (Å²) in [7, 11) is 0. The van der Waals surface area contributed by atoms with E-state index in [2.05, 4.69) is 48.5 Å². The van der Waals surface area contributed by atoms with Gasteiger partial charge < -0.3 is 0 Å². The van der Waals surface area contributed by atoms with Crippen LogP contribution in [0.5, 0.6) is 0 Å². The first-order chi connectivity index (χ1) is 8.90. The first kappa shape index (κ1) is 14.9. The second-order valence-electron chi connectivity index (χ2n) is 7.30. The van der Waals surface area contributed by atoms with Crippen molar-refractivity contribution in [2.24, 2.45) is 29.6 Å². The Balaban J connectivity index is 2.49. The molecule has 2 aliphatic carbocycles. The van der Waals surface area contributed by atoms with Gasteiger partial charge in [0.05, 0.1) is 0 Å². The smallest absolute Gasteiger partial charge is 0.00495 e. The predicted molar refractivity (Wildman–Crippen MR) is 85.1 cm³/mol. The van der Waals surface area contributed by atoms with Gasteiger partial charge in [-0.25, -0.2) is 0 Å². The van der Waals surface area contributed by atoms with Crippen molar-refractivity contribution >= 4 is 0 Å². The van der Waals surface area contributed by atoms with E-state index in [1.165, 1.54) is 19.3 Å². The zero-order valence-corrected chi connectivity index (χ0v) is 14.0. The van der Waals surface area contributed by atoms with Gasteiger partial charge >= 0.3 is 0 Å². The molecule has 2 rings (SSSR count). The molecule has 0 spiro atoms. The van der Waals surface area contributed by atoms with Crippen molar-refractivity contribution in [1.82, 2.24) is 0 Å². The van der Waals surface area contributed by atoms with Crippen molar-refractivity contribution in [3.63, 3.8) is 0 Å². The fourth-order valence-electron chi connectivity index (χ4n) is 4.59. The molecule has 0 aromatic rings. The molecule has 108 valence electrons. The summed E-state index contributed by atoms with van der Waals surface area (Å²) in [6.45, 7) is 17.0. The third-order valence-corrected chi connectivity index (χ3v) is 6.22. The molecule has 0 aromatic heterocycles. The molecule has 2 aliphatic rings. The average Bonchev–Trinajstić information content (AvgIpc) is 2.57. The molecule has 0 saturated heterocycles. The number of allylic oxidation sites excluding steroid dienone is 4. The van der Waals surface area contributed by atoms with E-state index < -0.39 is 0 Å². The van der Waals surface area contributed by atoms with Crippen molar-refractivity contribution in [3.05, 3.63) is 22.3 Å². The maximum Gasteiger partial charge on any atom is 0.00495 e. The lowest BCUT2D eigenvalue weighted by Crippen LogP contribution is -2.20. The summed E-state index contributed by atoms with van der Waals surface area (Å²) >= 11 is 0. The van der Waals surface area contributed by atoms with E-state index in [1.807, 2.05) is 0 Å². The average molecular weight is 260 g/mol. The fourth-order valence-corrected chi connectivity index (χ4v) is 4.59. The second kappa shape index (κ2) is 5.46. The molecule has 0 nitrogen and oxygen atoms in total. The van der Waals surface area contributed by atoms with Crippen molar-refractivity contribution in [2.75, 3.05) is 0 Å². The Labute approximate surface area is 120 Å². The first-order valence-corrected chi connectivity index (χ1v) is 8.30. The highest BCUT2D eigenvalue weighted by molar-refractivity contribution is 5.49. The van der Waals surface area contributed by atoms with E-state index in [1.54, 1.807) is 22.3 Å². The van der Waals surface area contributed by atoms with E-state index in [4.69, 9.17) is 0 Å². The summed E-state index contributed by atoms with van der Waals surface area (Å²) in [6.07, 6.45) is 3.98. The van der Waals surface area contributed by atoms with Crippen LogP contribution in [0.3, 0.4) is 0 Å². The molecule has 5 unspecified atom stereocenters. The molecule has 19 heavy (non-hydrogen) atoms. The first-order valence-electron chi connectivity index (χ1n) is 8.30. The Hall–Kier alpha value is -0.520. The molecule has 0 heterocycles. The van der Waals surface area contributed by atoms with Crippen LogP contribution in [-0.2, 0) is 0 Å². The maximum atomic E-state index is 2.50. The Bertz CT molecular complexity index is 410. The van der Waals surface area contributed by atoms with Crippen LogP contribution in [-0.4, -0.2) is 0 Å². The molecule has 1 fully saturated rings. The van der Waals surface area contributed by atoms with Gasteiger partial charge in [-0.05, 0) is 61.5 Å². The molecule has 0 radical (unpaired) electrons. The fraction of sp³-hybridized carbons (Fsp3) is 0.789. The molecule has 0 heteroatoms. The largest absolute Gasteiger partial charge is 0.0651 e. The van der Waals surface area contributed by atoms with E-state index in [-0.39, 0.29) is 0 Å². The highest BCUT2D eigenvalue weighted by atomic mass is 14.5. The van der Waals surface area contributed by atoms with Crippen LogP contribution >= 0.6 is 0 Å². The minimum atomic E-state index is 0.759. The zero-order chi connectivity index (χ0) is 14.3. The van der Waals surface area contributed by atoms with Gasteiger partial charge in [-0.3, -0.25) is 0 Å². The summed E-state index contributed by atoms with van der Waals surface area (Å²) in [4.78, 5) is 0. The van der Waals surface area contributed by atoms with Gasteiger partial charge in [0.2, 0.25) is 0 Å². The summed E-state index contributed by atoms with van der Waals surface area (Å²) in [6, 6.07) is 0. The van der Waals surface area contributed by atoms with Crippen molar-refractivity contribution < 1.29 is 0 Å². The topological polar surface area (TPSA) is 0 Å². The lowest BCUT2D eigenvalue weighted by atomic mass is 9.76. The highest BCUT2D eigenvalue weighted by Crippen LogP contribution is 2.52. The van der Waals surface area contributed by atoms with Gasteiger partial charge in [0.15, 0.2) is 0 Å². The number of rotatable bonds is 2. The number of hydrogen-bond acceptors (Lipinski definition) is 0. The highest BCUT2D eigenvalue weighted by Gasteiger charge is 2.41. The molecule has 0 N–H and O–H groups in total. The minimum absolute atomic E-state index is 0.759. The number of hydrogen-bond donors (Lipinski definition) is 0. The van der Waals surface area contributed by atoms with E-state index >= 15 is 0 Å². The van der Waals surface area contributed by atoms with Gasteiger partial charge in [-0.1, -0.05) is 52.2 Å². The summed E-state index contributed by atoms with van der Waals surface area (Å²) < 4.78 is 0. The second-order valence-corrected chi connectivity index (χ2v) is 7.30. The number of fused-ring (bicyclic) bond motifs is 1. The van der Waals surface area contributed by atoms with Crippen LogP contribution < -0.4 is 0 Å². The van der Waals surface area contributed by atoms with Crippen LogP contribution in [0.1, 0.15) is 67.7 Å². The van der Waals surface area contributed by atoms with Crippen LogP contribution in [0.15, 0.2) is 22.3 Å². The van der Waals surface area contributed by atoms with Crippen molar-refractivity contribution in [1.29, 1.82) is 0 Å². The molecule has 5 atom stereocenters. The summed E-state index contributed by atoms with van der Waals surface area (Å²) in [5.74, 6) is 4.03. The predicted octanol–water partition coefficient (Wildman–Crippen LogP) is 6.00. The van der Waals surface area contributed by atoms with Gasteiger partial charge in [-0.2, -0.15) is 0 Å². The lowest BCUT2D eigenvalue weighted by Gasteiger charge is -2.29. The van der Waals surface area contributed by atoms with Crippen LogP contribution in [0, 0.1) is 29.6 Å².